The molecule has 0 spiro atoms. The van der Waals surface area contributed by atoms with Crippen molar-refractivity contribution in [1.29, 1.82) is 0 Å². The number of hydrogen-bond donors (Lipinski definition) is 0. The number of carbonyl (C=O) groups excluding carboxylic acids is 3. The molecule has 128 valence electrons. The highest BCUT2D eigenvalue weighted by Gasteiger charge is 2.34. The minimum Gasteiger partial charge on any atom is -0.461 e. The molecule has 0 fully saturated rings. The van der Waals surface area contributed by atoms with Crippen LogP contribution >= 0.6 is 0 Å². The van der Waals surface area contributed by atoms with Gasteiger partial charge in [0.2, 0.25) is 0 Å². The summed E-state index contributed by atoms with van der Waals surface area (Å²) in [6.07, 6.45) is 0.553. The Morgan fingerprint density at radius 1 is 0.960 bits per heavy atom. The van der Waals surface area contributed by atoms with Crippen molar-refractivity contribution in [3.63, 3.8) is 0 Å². The molecule has 5 heteroatoms. The monoisotopic (exact) mass is 337 g/mol. The average Bonchev–Trinajstić information content (AvgIpc) is 2.86. The van der Waals surface area contributed by atoms with E-state index in [4.69, 9.17) is 4.74 Å². The maximum Gasteiger partial charge on any atom is 0.306 e. The summed E-state index contributed by atoms with van der Waals surface area (Å²) in [6, 6.07) is 14.5. The van der Waals surface area contributed by atoms with E-state index >= 15 is 0 Å². The summed E-state index contributed by atoms with van der Waals surface area (Å²) in [5.74, 6) is -0.928. The second-order valence-electron chi connectivity index (χ2n) is 6.00. The van der Waals surface area contributed by atoms with Crippen molar-refractivity contribution in [1.82, 2.24) is 4.90 Å². The van der Waals surface area contributed by atoms with Gasteiger partial charge in [0, 0.05) is 13.0 Å². The maximum atomic E-state index is 12.2. The second kappa shape index (κ2) is 7.30. The zero-order valence-electron chi connectivity index (χ0n) is 14.0. The van der Waals surface area contributed by atoms with Crippen molar-refractivity contribution in [2.45, 2.75) is 26.4 Å². The predicted octanol–water partition coefficient (Wildman–Crippen LogP) is 3.11. The zero-order valence-corrected chi connectivity index (χ0v) is 14.0. The Kier molecular flexibility index (Phi) is 4.93. The largest absolute Gasteiger partial charge is 0.461 e. The number of nitrogens with zero attached hydrogens (tertiary/aromatic N) is 1. The highest BCUT2D eigenvalue weighted by molar-refractivity contribution is 6.21. The fourth-order valence-corrected chi connectivity index (χ4v) is 2.83. The lowest BCUT2D eigenvalue weighted by molar-refractivity contribution is -0.145. The van der Waals surface area contributed by atoms with E-state index < -0.39 is 0 Å². The van der Waals surface area contributed by atoms with Crippen molar-refractivity contribution in [2.24, 2.45) is 0 Å². The van der Waals surface area contributed by atoms with Crippen LogP contribution in [0, 0.1) is 6.92 Å². The van der Waals surface area contributed by atoms with E-state index in [-0.39, 0.29) is 37.4 Å². The van der Waals surface area contributed by atoms with Crippen LogP contribution in [0.4, 0.5) is 0 Å². The Hall–Kier alpha value is -2.95. The van der Waals surface area contributed by atoms with Gasteiger partial charge in [-0.3, -0.25) is 19.3 Å². The molecule has 0 bridgehead atoms. The van der Waals surface area contributed by atoms with Crippen LogP contribution in [-0.4, -0.2) is 29.2 Å². The lowest BCUT2D eigenvalue weighted by Crippen LogP contribution is -2.31. The smallest absolute Gasteiger partial charge is 0.306 e. The molecular weight excluding hydrogens is 318 g/mol. The third-order valence-corrected chi connectivity index (χ3v) is 4.29. The van der Waals surface area contributed by atoms with Crippen LogP contribution in [0.1, 0.15) is 44.7 Å². The number of esters is 1. The fraction of sp³-hybridized carbons (Fsp3) is 0.250. The van der Waals surface area contributed by atoms with Gasteiger partial charge in [-0.2, -0.15) is 0 Å². The lowest BCUT2D eigenvalue weighted by Gasteiger charge is -2.13. The van der Waals surface area contributed by atoms with Gasteiger partial charge in [0.05, 0.1) is 11.1 Å². The summed E-state index contributed by atoms with van der Waals surface area (Å²) in [4.78, 5) is 37.5. The lowest BCUT2D eigenvalue weighted by atomic mass is 10.1. The van der Waals surface area contributed by atoms with Gasteiger partial charge in [0.1, 0.15) is 6.61 Å². The molecule has 2 aromatic carbocycles. The molecule has 2 aromatic rings. The molecule has 0 atom stereocenters. The molecule has 0 saturated carbocycles. The Bertz CT molecular complexity index is 793. The summed E-state index contributed by atoms with van der Waals surface area (Å²) >= 11 is 0. The summed E-state index contributed by atoms with van der Waals surface area (Å²) in [5, 5.41) is 0. The van der Waals surface area contributed by atoms with Crippen molar-refractivity contribution >= 4 is 17.8 Å². The van der Waals surface area contributed by atoms with E-state index in [2.05, 4.69) is 0 Å². The highest BCUT2D eigenvalue weighted by Crippen LogP contribution is 2.22. The molecule has 0 unspecified atom stereocenters. The van der Waals surface area contributed by atoms with Gasteiger partial charge < -0.3 is 4.74 Å². The van der Waals surface area contributed by atoms with Gasteiger partial charge in [0.15, 0.2) is 0 Å². The van der Waals surface area contributed by atoms with E-state index in [1.807, 2.05) is 31.2 Å². The van der Waals surface area contributed by atoms with Crippen LogP contribution in [0.2, 0.25) is 0 Å². The molecule has 3 rings (SSSR count). The number of ether oxygens (including phenoxy) is 1. The topological polar surface area (TPSA) is 63.7 Å². The van der Waals surface area contributed by atoms with E-state index in [9.17, 15) is 14.4 Å². The Morgan fingerprint density at radius 2 is 1.56 bits per heavy atom. The van der Waals surface area contributed by atoms with E-state index in [1.54, 1.807) is 24.3 Å². The quantitative estimate of drug-likeness (QED) is 0.600. The minimum atomic E-state index is -0.333. The number of rotatable bonds is 6. The minimum absolute atomic E-state index is 0.166. The van der Waals surface area contributed by atoms with Crippen LogP contribution in [0.5, 0.6) is 0 Å². The molecule has 0 aromatic heterocycles. The number of aryl methyl sites for hydroxylation is 1. The molecule has 0 saturated heterocycles. The van der Waals surface area contributed by atoms with Crippen LogP contribution < -0.4 is 0 Å². The summed E-state index contributed by atoms with van der Waals surface area (Å²) in [7, 11) is 0. The molecule has 1 heterocycles. The van der Waals surface area contributed by atoms with E-state index in [0.29, 0.717) is 17.5 Å². The number of hydrogen-bond acceptors (Lipinski definition) is 4. The number of fused-ring (bicyclic) bond motifs is 1. The van der Waals surface area contributed by atoms with Gasteiger partial charge in [-0.1, -0.05) is 36.4 Å². The standard InChI is InChI=1S/C20H19NO4/c1-14-7-2-3-8-15(14)13-25-18(22)11-6-12-21-19(23)16-9-4-5-10-17(16)20(21)24/h2-5,7-10H,6,11-13H2,1H3. The van der Waals surface area contributed by atoms with Gasteiger partial charge >= 0.3 is 5.97 Å². The summed E-state index contributed by atoms with van der Waals surface area (Å²) in [6.45, 7) is 2.41. The maximum absolute atomic E-state index is 12.2. The molecule has 0 aliphatic carbocycles. The molecule has 0 radical (unpaired) electrons. The number of amides is 2. The second-order valence-corrected chi connectivity index (χ2v) is 6.00. The van der Waals surface area contributed by atoms with Crippen molar-refractivity contribution in [3.8, 4) is 0 Å². The van der Waals surface area contributed by atoms with Crippen LogP contribution in [0.25, 0.3) is 0 Å². The number of carbonyl (C=O) groups is 3. The Labute approximate surface area is 146 Å². The van der Waals surface area contributed by atoms with Crippen molar-refractivity contribution in [3.05, 3.63) is 70.8 Å². The molecule has 1 aliphatic heterocycles. The molecule has 2 amide bonds. The van der Waals surface area contributed by atoms with E-state index in [0.717, 1.165) is 11.1 Å². The first kappa shape index (κ1) is 16.9. The SMILES string of the molecule is Cc1ccccc1COC(=O)CCCN1C(=O)c2ccccc2C1=O. The Balaban J connectivity index is 1.47. The fourth-order valence-electron chi connectivity index (χ4n) is 2.83. The van der Waals surface area contributed by atoms with Crippen LogP contribution in [0.15, 0.2) is 48.5 Å². The third kappa shape index (κ3) is 3.60. The first-order valence-electron chi connectivity index (χ1n) is 8.23. The van der Waals surface area contributed by atoms with Gasteiger partial charge in [-0.05, 0) is 36.6 Å². The predicted molar refractivity (Wildman–Crippen MR) is 92.0 cm³/mol. The van der Waals surface area contributed by atoms with Crippen molar-refractivity contribution in [2.75, 3.05) is 6.54 Å². The third-order valence-electron chi connectivity index (χ3n) is 4.29. The first-order chi connectivity index (χ1) is 12.1. The molecule has 25 heavy (non-hydrogen) atoms. The van der Waals surface area contributed by atoms with Gasteiger partial charge in [0.25, 0.3) is 11.8 Å². The Morgan fingerprint density at radius 3 is 2.20 bits per heavy atom. The first-order valence-corrected chi connectivity index (χ1v) is 8.23. The highest BCUT2D eigenvalue weighted by atomic mass is 16.5. The molecule has 0 N–H and O–H groups in total. The molecular formula is C20H19NO4. The zero-order chi connectivity index (χ0) is 17.8. The van der Waals surface area contributed by atoms with E-state index in [1.165, 1.54) is 4.90 Å². The summed E-state index contributed by atoms with van der Waals surface area (Å²) in [5.41, 5.74) is 2.89. The van der Waals surface area contributed by atoms with Gasteiger partial charge in [-0.25, -0.2) is 0 Å². The number of benzene rings is 2. The van der Waals surface area contributed by atoms with Crippen LogP contribution in [0.3, 0.4) is 0 Å². The van der Waals surface area contributed by atoms with Crippen molar-refractivity contribution < 1.29 is 19.1 Å². The molecule has 1 aliphatic rings. The van der Waals surface area contributed by atoms with Gasteiger partial charge in [-0.15, -0.1) is 0 Å². The molecule has 5 nitrogen and oxygen atoms in total. The van der Waals surface area contributed by atoms with Crippen LogP contribution in [-0.2, 0) is 16.1 Å². The average molecular weight is 337 g/mol. The number of imide groups is 1. The normalized spacial score (nSPS) is 13.1. The summed E-state index contributed by atoms with van der Waals surface area (Å²) < 4.78 is 5.26.